The van der Waals surface area contributed by atoms with Crippen molar-refractivity contribution < 1.29 is 9.46 Å². The quantitative estimate of drug-likeness (QED) is 0.455. The van der Waals surface area contributed by atoms with Gasteiger partial charge in [-0.15, -0.1) is 0 Å². The van der Waals surface area contributed by atoms with Crippen LogP contribution >= 0.6 is 8.69 Å². The van der Waals surface area contributed by atoms with E-state index in [1.165, 1.54) is 0 Å². The van der Waals surface area contributed by atoms with Gasteiger partial charge in [0.2, 0.25) is 0 Å². The van der Waals surface area contributed by atoms with Crippen LogP contribution in [0.1, 0.15) is 0 Å². The van der Waals surface area contributed by atoms with E-state index in [1.807, 2.05) is 0 Å². The Hall–Kier alpha value is 0.943. The summed E-state index contributed by atoms with van der Waals surface area (Å²) in [5.74, 6) is 0. The minimum atomic E-state index is -0.833. The summed E-state index contributed by atoms with van der Waals surface area (Å²) < 4.78 is 8.46. The van der Waals surface area contributed by atoms with E-state index in [2.05, 4.69) is 0 Å². The summed E-state index contributed by atoms with van der Waals surface area (Å²) in [5.41, 5.74) is 0. The molecule has 0 aromatic heterocycles. The maximum atomic E-state index is 8.46. The van der Waals surface area contributed by atoms with Gasteiger partial charge in [0.1, 0.15) is 0 Å². The topological polar surface area (TPSA) is 37.3 Å². The Morgan fingerprint density at radius 1 is 1.75 bits per heavy atom. The molecule has 0 radical (unpaired) electrons. The molecule has 0 saturated carbocycles. The van der Waals surface area contributed by atoms with E-state index >= 15 is 0 Å². The van der Waals surface area contributed by atoms with E-state index in [9.17, 15) is 0 Å². The predicted octanol–water partition coefficient (Wildman–Crippen LogP) is -0.999. The molecule has 0 unspecified atom stereocenters. The van der Waals surface area contributed by atoms with Gasteiger partial charge in [0.15, 0.2) is 0 Å². The van der Waals surface area contributed by atoms with Crippen LogP contribution in [-0.2, 0) is 4.57 Å². The van der Waals surface area contributed by atoms with Gasteiger partial charge in [-0.3, -0.25) is 0 Å². The van der Waals surface area contributed by atoms with Crippen molar-refractivity contribution >= 4 is 34.9 Å². The first-order valence-corrected chi connectivity index (χ1v) is 1.15. The number of rotatable bonds is 0. The third-order valence-corrected chi connectivity index (χ3v) is 0. The Morgan fingerprint density at radius 3 is 1.75 bits per heavy atom. The fourth-order valence-electron chi connectivity index (χ4n) is 0. The summed E-state index contributed by atoms with van der Waals surface area (Å²) in [5, 5.41) is 0. The molecular weight excluding hydrogens is 272 g/mol. The van der Waals surface area contributed by atoms with E-state index in [0.717, 1.165) is 0 Å². The standard InChI is InChI=1S/Bi.HO2P.3H/c;1-3-2;;;/h;(H,1,2);;;. The molecule has 0 saturated heterocycles. The molecule has 0 atom stereocenters. The molecule has 0 rings (SSSR count). The Morgan fingerprint density at radius 2 is 1.75 bits per heavy atom. The van der Waals surface area contributed by atoms with Crippen molar-refractivity contribution in [3.05, 3.63) is 0 Å². The Balaban J connectivity index is 0. The van der Waals surface area contributed by atoms with Gasteiger partial charge >= 0.3 is 34.9 Å². The van der Waals surface area contributed by atoms with Gasteiger partial charge in [-0.2, -0.15) is 0 Å². The zero-order valence-electron chi connectivity index (χ0n) is 2.01. The Labute approximate surface area is 44.6 Å². The van der Waals surface area contributed by atoms with Gasteiger partial charge in [-0.25, -0.2) is 4.57 Å². The average Bonchev–Trinajstić information content (AvgIpc) is 0.918. The molecule has 0 spiro atoms. The molecule has 0 aromatic carbocycles. The van der Waals surface area contributed by atoms with Gasteiger partial charge < -0.3 is 4.89 Å². The minimum absolute atomic E-state index is 0. The molecule has 0 aliphatic heterocycles. The van der Waals surface area contributed by atoms with Crippen molar-refractivity contribution in [3.63, 3.8) is 0 Å². The molecule has 0 bridgehead atoms. The summed E-state index contributed by atoms with van der Waals surface area (Å²) in [4.78, 5) is 6.99. The SMILES string of the molecule is O=PO.[BiH3]. The van der Waals surface area contributed by atoms with Gasteiger partial charge in [-0.1, -0.05) is 0 Å². The van der Waals surface area contributed by atoms with Gasteiger partial charge in [-0.05, 0) is 0 Å². The van der Waals surface area contributed by atoms with Crippen molar-refractivity contribution in [1.29, 1.82) is 0 Å². The summed E-state index contributed by atoms with van der Waals surface area (Å²) in [6.45, 7) is 0. The zero-order chi connectivity index (χ0) is 2.71. The fraction of sp³-hybridized carbons (Fsp3) is 0. The third kappa shape index (κ3) is 12.5. The molecule has 0 fully saturated rings. The molecule has 4 heteroatoms. The molecule has 0 heterocycles. The van der Waals surface area contributed by atoms with Crippen molar-refractivity contribution in [2.24, 2.45) is 0 Å². The predicted molar refractivity (Wildman–Crippen MR) is 19.8 cm³/mol. The fourth-order valence-corrected chi connectivity index (χ4v) is 0. The molecule has 0 aromatic rings. The van der Waals surface area contributed by atoms with Crippen LogP contribution in [0.5, 0.6) is 0 Å². The number of hydrogen-bond acceptors (Lipinski definition) is 1. The van der Waals surface area contributed by atoms with Crippen LogP contribution in [0.2, 0.25) is 0 Å². The van der Waals surface area contributed by atoms with E-state index in [-0.39, 0.29) is 26.2 Å². The van der Waals surface area contributed by atoms with E-state index in [4.69, 9.17) is 9.46 Å². The Bertz CT molecular complexity index is 13.5. The van der Waals surface area contributed by atoms with Gasteiger partial charge in [0, 0.05) is 0 Å². The van der Waals surface area contributed by atoms with Crippen LogP contribution in [0.25, 0.3) is 0 Å². The second-order valence-corrected chi connectivity index (χ2v) is 0.245. The van der Waals surface area contributed by atoms with Gasteiger partial charge in [0.25, 0.3) is 0 Å². The molecule has 4 heavy (non-hydrogen) atoms. The molecule has 0 amide bonds. The average molecular weight is 276 g/mol. The molecule has 26 valence electrons. The number of hydrogen-bond donors (Lipinski definition) is 1. The molecule has 2 nitrogen and oxygen atoms in total. The summed E-state index contributed by atoms with van der Waals surface area (Å²) in [6.07, 6.45) is 0. The van der Waals surface area contributed by atoms with Crippen molar-refractivity contribution in [1.82, 2.24) is 0 Å². The van der Waals surface area contributed by atoms with Crippen molar-refractivity contribution in [2.45, 2.75) is 0 Å². The first-order chi connectivity index (χ1) is 1.41. The van der Waals surface area contributed by atoms with Crippen LogP contribution in [0.3, 0.4) is 0 Å². The second kappa shape index (κ2) is 9.05. The zero-order valence-corrected chi connectivity index (χ0v) is 8.40. The first kappa shape index (κ1) is 8.87. The van der Waals surface area contributed by atoms with Crippen LogP contribution in [0.4, 0.5) is 0 Å². The van der Waals surface area contributed by atoms with Crippen LogP contribution < -0.4 is 0 Å². The third-order valence-electron chi connectivity index (χ3n) is 0. The first-order valence-electron chi connectivity index (χ1n) is 0.383. The van der Waals surface area contributed by atoms with Gasteiger partial charge in [0.05, 0.1) is 0 Å². The van der Waals surface area contributed by atoms with Crippen LogP contribution in [-0.4, -0.2) is 31.1 Å². The maximum absolute atomic E-state index is 8.46. The molecule has 1 N–H and O–H groups in total. The summed E-state index contributed by atoms with van der Waals surface area (Å²) in [6, 6.07) is 0. The van der Waals surface area contributed by atoms with E-state index in [0.29, 0.717) is 0 Å². The molecule has 0 aliphatic rings. The van der Waals surface area contributed by atoms with Crippen molar-refractivity contribution in [2.75, 3.05) is 0 Å². The Kier molecular flexibility index (Phi) is 20.1. The van der Waals surface area contributed by atoms with Crippen LogP contribution in [0.15, 0.2) is 0 Å². The second-order valence-electron chi connectivity index (χ2n) is 0.0816. The molecule has 0 aliphatic carbocycles. The monoisotopic (exact) mass is 276 g/mol. The summed E-state index contributed by atoms with van der Waals surface area (Å²) in [7, 11) is -0.833. The van der Waals surface area contributed by atoms with Crippen LogP contribution in [0, 0.1) is 0 Å². The van der Waals surface area contributed by atoms with E-state index < -0.39 is 8.69 Å². The summed E-state index contributed by atoms with van der Waals surface area (Å²) >= 11 is 0. The molecular formula is H4BiO2P. The normalized spacial score (nSPS) is 5.25. The van der Waals surface area contributed by atoms with E-state index in [1.54, 1.807) is 0 Å². The van der Waals surface area contributed by atoms with Crippen molar-refractivity contribution in [3.8, 4) is 0 Å².